The third-order valence-corrected chi connectivity index (χ3v) is 8.96. The van der Waals surface area contributed by atoms with Gasteiger partial charge in [0.1, 0.15) is 27.7 Å². The van der Waals surface area contributed by atoms with Gasteiger partial charge in [-0.25, -0.2) is 14.8 Å². The largest absolute Gasteiger partial charge is 0.477 e. The number of halogens is 3. The molecule has 10 nitrogen and oxygen atoms in total. The number of carboxylic acids is 1. The smallest absolute Gasteiger partial charge is 0.346 e. The highest BCUT2D eigenvalue weighted by Gasteiger charge is 2.25. The molecular formula is C29H24ClF2N5O5S. The van der Waals surface area contributed by atoms with E-state index in [1.807, 2.05) is 6.08 Å². The van der Waals surface area contributed by atoms with Gasteiger partial charge in [-0.3, -0.25) is 4.90 Å². The fourth-order valence-corrected chi connectivity index (χ4v) is 6.36. The Bertz CT molecular complexity index is 1900. The van der Waals surface area contributed by atoms with Gasteiger partial charge in [-0.2, -0.15) is 13.8 Å². The number of rotatable bonds is 9. The molecule has 1 aromatic carbocycles. The van der Waals surface area contributed by atoms with Gasteiger partial charge in [0.2, 0.25) is 5.82 Å². The number of ether oxygens (including phenoxy) is 2. The highest BCUT2D eigenvalue weighted by atomic mass is 35.5. The van der Waals surface area contributed by atoms with Crippen molar-refractivity contribution in [2.24, 2.45) is 0 Å². The summed E-state index contributed by atoms with van der Waals surface area (Å²) in [6.07, 6.45) is 4.75. The lowest BCUT2D eigenvalue weighted by Gasteiger charge is -2.29. The van der Waals surface area contributed by atoms with Crippen molar-refractivity contribution in [1.29, 1.82) is 0 Å². The molecule has 5 aromatic rings. The second-order valence-corrected chi connectivity index (χ2v) is 11.8. The van der Waals surface area contributed by atoms with Gasteiger partial charge in [0.25, 0.3) is 11.9 Å². The van der Waals surface area contributed by atoms with E-state index in [2.05, 4.69) is 19.4 Å². The number of nitrogens with zero attached hydrogens (tertiary/aromatic N) is 5. The van der Waals surface area contributed by atoms with Crippen molar-refractivity contribution < 1.29 is 32.6 Å². The lowest BCUT2D eigenvalue weighted by atomic mass is 10.1. The fraction of sp³-hybridized carbons (Fsp3) is 0.310. The van der Waals surface area contributed by atoms with E-state index in [4.69, 9.17) is 30.5 Å². The van der Waals surface area contributed by atoms with E-state index in [-0.39, 0.29) is 29.1 Å². The molecule has 2 aliphatic rings. The molecular weight excluding hydrogens is 604 g/mol. The molecule has 0 amide bonds. The number of aromatic nitrogens is 4. The summed E-state index contributed by atoms with van der Waals surface area (Å²) in [6.45, 7) is 3.11. The molecule has 14 heteroatoms. The van der Waals surface area contributed by atoms with E-state index in [1.165, 1.54) is 17.4 Å². The maximum Gasteiger partial charge on any atom is 0.346 e. The third kappa shape index (κ3) is 5.49. The molecule has 6 heterocycles. The fourth-order valence-electron chi connectivity index (χ4n) is 5.27. The Morgan fingerprint density at radius 1 is 1.26 bits per heavy atom. The predicted octanol–water partition coefficient (Wildman–Crippen LogP) is 5.92. The van der Waals surface area contributed by atoms with E-state index < -0.39 is 17.8 Å². The molecule has 1 saturated heterocycles. The van der Waals surface area contributed by atoms with Crippen molar-refractivity contribution in [3.8, 4) is 5.88 Å². The molecule has 2 aliphatic heterocycles. The van der Waals surface area contributed by atoms with Gasteiger partial charge >= 0.3 is 5.97 Å². The lowest BCUT2D eigenvalue weighted by Crippen LogP contribution is -2.33. The summed E-state index contributed by atoms with van der Waals surface area (Å²) in [4.78, 5) is 28.0. The molecule has 0 saturated carbocycles. The average molecular weight is 628 g/mol. The summed E-state index contributed by atoms with van der Waals surface area (Å²) in [6, 6.07) is 5.33. The minimum absolute atomic E-state index is 0.0928. The van der Waals surface area contributed by atoms with Gasteiger partial charge in [0, 0.05) is 36.7 Å². The zero-order valence-electron chi connectivity index (χ0n) is 22.6. The van der Waals surface area contributed by atoms with Crippen LogP contribution in [0.2, 0.25) is 5.02 Å². The Morgan fingerprint density at radius 2 is 2.12 bits per heavy atom. The number of fused-ring (bicyclic) bond motifs is 2. The number of carboxylic acid groups (broad SMARTS) is 1. The van der Waals surface area contributed by atoms with Crippen molar-refractivity contribution >= 4 is 55.8 Å². The van der Waals surface area contributed by atoms with Crippen LogP contribution in [0.15, 0.2) is 41.0 Å². The molecule has 43 heavy (non-hydrogen) atoms. The van der Waals surface area contributed by atoms with Crippen molar-refractivity contribution in [3.05, 3.63) is 75.5 Å². The first-order chi connectivity index (χ1) is 20.8. The standard InChI is InChI=1S/C29H24ClF2N5O5S/c30-19-2-1-16(25-18(19)9-23(32)42-25)14-41-27-20(31)11-33-26(35-27)15-3-6-36(7-4-15)13-24-34-28-21(10-22(43-28)29(38)39)37(24)12-17-5-8-40-17/h1-3,9-11,17H,4-8,12-14H2,(H,38,39). The van der Waals surface area contributed by atoms with Crippen molar-refractivity contribution in [1.82, 2.24) is 24.4 Å². The predicted molar refractivity (Wildman–Crippen MR) is 154 cm³/mol. The van der Waals surface area contributed by atoms with Crippen molar-refractivity contribution in [3.63, 3.8) is 0 Å². The number of imidazole rings is 1. The summed E-state index contributed by atoms with van der Waals surface area (Å²) in [7, 11) is 0. The van der Waals surface area contributed by atoms with Crippen LogP contribution in [-0.4, -0.2) is 61.3 Å². The minimum Gasteiger partial charge on any atom is -0.477 e. The van der Waals surface area contributed by atoms with Gasteiger partial charge < -0.3 is 23.6 Å². The molecule has 1 fully saturated rings. The average Bonchev–Trinajstić information content (AvgIpc) is 3.65. The van der Waals surface area contributed by atoms with E-state index in [9.17, 15) is 18.7 Å². The molecule has 7 rings (SSSR count). The van der Waals surface area contributed by atoms with Crippen LogP contribution in [0.1, 0.15) is 39.7 Å². The van der Waals surface area contributed by atoms with Crippen LogP contribution >= 0.6 is 22.9 Å². The van der Waals surface area contributed by atoms with Crippen LogP contribution in [0.3, 0.4) is 0 Å². The first-order valence-electron chi connectivity index (χ1n) is 13.6. The third-order valence-electron chi connectivity index (χ3n) is 7.62. The van der Waals surface area contributed by atoms with Gasteiger partial charge in [-0.15, -0.1) is 11.3 Å². The van der Waals surface area contributed by atoms with Crippen LogP contribution in [0.25, 0.3) is 26.9 Å². The number of benzene rings is 1. The molecule has 0 radical (unpaired) electrons. The van der Waals surface area contributed by atoms with Crippen molar-refractivity contribution in [2.45, 2.75) is 38.6 Å². The molecule has 0 spiro atoms. The number of thiophene rings is 1. The van der Waals surface area contributed by atoms with E-state index in [0.717, 1.165) is 36.1 Å². The Balaban J connectivity index is 1.05. The van der Waals surface area contributed by atoms with E-state index in [0.29, 0.717) is 59.2 Å². The van der Waals surface area contributed by atoms with Gasteiger partial charge in [-0.05, 0) is 30.5 Å². The normalized spacial score (nSPS) is 17.4. The van der Waals surface area contributed by atoms with Crippen LogP contribution in [0.5, 0.6) is 5.88 Å². The number of carbonyl (C=O) groups is 1. The molecule has 1 atom stereocenters. The molecule has 1 N–H and O–H groups in total. The highest BCUT2D eigenvalue weighted by molar-refractivity contribution is 7.20. The number of hydrogen-bond acceptors (Lipinski definition) is 9. The van der Waals surface area contributed by atoms with E-state index >= 15 is 0 Å². The van der Waals surface area contributed by atoms with Gasteiger partial charge in [0.05, 0.1) is 35.9 Å². The van der Waals surface area contributed by atoms with E-state index in [1.54, 1.807) is 18.2 Å². The van der Waals surface area contributed by atoms with Gasteiger partial charge in [-0.1, -0.05) is 23.7 Å². The molecule has 0 aliphatic carbocycles. The zero-order chi connectivity index (χ0) is 29.7. The first kappa shape index (κ1) is 27.9. The summed E-state index contributed by atoms with van der Waals surface area (Å²) >= 11 is 7.30. The topological polar surface area (TPSA) is 116 Å². The lowest BCUT2D eigenvalue weighted by molar-refractivity contribution is -0.0591. The highest BCUT2D eigenvalue weighted by Crippen LogP contribution is 2.32. The van der Waals surface area contributed by atoms with Crippen LogP contribution in [-0.2, 0) is 24.4 Å². The summed E-state index contributed by atoms with van der Waals surface area (Å²) in [5.41, 5.74) is 2.40. The molecule has 1 unspecified atom stereocenters. The monoisotopic (exact) mass is 627 g/mol. The molecule has 4 aromatic heterocycles. The Morgan fingerprint density at radius 3 is 2.86 bits per heavy atom. The number of furan rings is 1. The maximum atomic E-state index is 14.6. The number of hydrogen-bond donors (Lipinski definition) is 1. The SMILES string of the molecule is O=C(O)c1cc2c(nc(CN3CC=C(c4ncc(F)c(OCc5ccc(Cl)c6cc(F)oc56)n4)CC3)n2CC2CCO2)s1. The maximum absolute atomic E-state index is 14.6. The zero-order valence-corrected chi connectivity index (χ0v) is 24.1. The van der Waals surface area contributed by atoms with Crippen LogP contribution < -0.4 is 4.74 Å². The number of aromatic carboxylic acids is 1. The Hall–Kier alpha value is -3.91. The quantitative estimate of drug-likeness (QED) is 0.213. The second kappa shape index (κ2) is 11.3. The molecule has 0 bridgehead atoms. The second-order valence-electron chi connectivity index (χ2n) is 10.4. The summed E-state index contributed by atoms with van der Waals surface area (Å²) < 4.78 is 46.8. The Kier molecular flexibility index (Phi) is 7.33. The summed E-state index contributed by atoms with van der Waals surface area (Å²) in [5.74, 6) is -0.675. The Labute approximate surface area is 252 Å². The van der Waals surface area contributed by atoms with Crippen molar-refractivity contribution in [2.75, 3.05) is 19.7 Å². The van der Waals surface area contributed by atoms with Gasteiger partial charge in [0.15, 0.2) is 5.82 Å². The van der Waals surface area contributed by atoms with Crippen LogP contribution in [0, 0.1) is 11.8 Å². The first-order valence-corrected chi connectivity index (χ1v) is 14.8. The minimum atomic E-state index is -0.962. The molecule has 222 valence electrons. The van der Waals surface area contributed by atoms with Crippen LogP contribution in [0.4, 0.5) is 8.78 Å². The summed E-state index contributed by atoms with van der Waals surface area (Å²) in [5, 5.41) is 10.2.